The van der Waals surface area contributed by atoms with E-state index < -0.39 is 6.10 Å². The van der Waals surface area contributed by atoms with Crippen LogP contribution >= 0.6 is 0 Å². The van der Waals surface area contributed by atoms with E-state index in [2.05, 4.69) is 93.7 Å². The Balaban J connectivity index is 4.10. The molecule has 0 amide bonds. The molecule has 0 saturated heterocycles. The summed E-state index contributed by atoms with van der Waals surface area (Å²) in [6.45, 7) is 7.58. The zero-order valence-corrected chi connectivity index (χ0v) is 36.9. The molecule has 1 atom stereocenters. The van der Waals surface area contributed by atoms with Crippen molar-refractivity contribution in [3.8, 4) is 0 Å². The summed E-state index contributed by atoms with van der Waals surface area (Å²) in [5, 5.41) is 0. The van der Waals surface area contributed by atoms with Crippen LogP contribution in [0.5, 0.6) is 0 Å². The lowest BCUT2D eigenvalue weighted by Crippen LogP contribution is -2.30. The quantitative estimate of drug-likeness (QED) is 0.0351. The van der Waals surface area contributed by atoms with Crippen molar-refractivity contribution in [3.05, 3.63) is 72.9 Å². The lowest BCUT2D eigenvalue weighted by Gasteiger charge is -2.18. The topological polar surface area (TPSA) is 61.8 Å². The van der Waals surface area contributed by atoms with E-state index in [0.29, 0.717) is 19.4 Å². The van der Waals surface area contributed by atoms with Crippen LogP contribution in [0.3, 0.4) is 0 Å². The molecule has 0 aliphatic heterocycles. The normalized spacial score (nSPS) is 12.8. The Morgan fingerprint density at radius 2 is 0.804 bits per heavy atom. The summed E-state index contributed by atoms with van der Waals surface area (Å²) in [6.07, 6.45) is 59.3. The maximum absolute atomic E-state index is 12.5. The third-order valence-electron chi connectivity index (χ3n) is 9.73. The van der Waals surface area contributed by atoms with Gasteiger partial charge < -0.3 is 14.2 Å². The number of hydrogen-bond donors (Lipinski definition) is 0. The molecule has 0 aromatic heterocycles. The van der Waals surface area contributed by atoms with Gasteiger partial charge in [0.1, 0.15) is 6.61 Å². The highest BCUT2D eigenvalue weighted by atomic mass is 16.6. The van der Waals surface area contributed by atoms with Crippen LogP contribution in [-0.2, 0) is 23.8 Å². The number of esters is 2. The standard InChI is InChI=1S/C51H88O5/c1-4-7-10-13-15-17-19-21-23-25-27-29-31-33-35-37-40-43-46-54-47-49(56-51(53)45-42-38-12-9-6-3)48-55-50(52)44-41-39-36-34-32-30-28-26-24-22-20-18-16-14-11-8-5-2/h8,11,15-18,21-24,28,30,49H,4-7,9-10,12-14,19-20,25-27,29,31-48H2,1-3H3/b11-8-,17-15-,18-16-,23-21-,24-22-,30-28-. The van der Waals surface area contributed by atoms with E-state index in [1.165, 1.54) is 83.5 Å². The van der Waals surface area contributed by atoms with Crippen molar-refractivity contribution in [2.24, 2.45) is 0 Å². The van der Waals surface area contributed by atoms with Gasteiger partial charge in [0, 0.05) is 19.4 Å². The van der Waals surface area contributed by atoms with Gasteiger partial charge >= 0.3 is 11.9 Å². The monoisotopic (exact) mass is 781 g/mol. The molecular weight excluding hydrogens is 693 g/mol. The zero-order chi connectivity index (χ0) is 40.7. The highest BCUT2D eigenvalue weighted by Gasteiger charge is 2.17. The Bertz CT molecular complexity index is 1020. The van der Waals surface area contributed by atoms with Gasteiger partial charge in [-0.2, -0.15) is 0 Å². The van der Waals surface area contributed by atoms with Gasteiger partial charge in [-0.25, -0.2) is 0 Å². The second-order valence-corrected chi connectivity index (χ2v) is 15.3. The number of ether oxygens (including phenoxy) is 3. The average Bonchev–Trinajstić information content (AvgIpc) is 3.20. The molecule has 0 saturated carbocycles. The predicted molar refractivity (Wildman–Crippen MR) is 242 cm³/mol. The van der Waals surface area contributed by atoms with Crippen molar-refractivity contribution < 1.29 is 23.8 Å². The molecule has 1 unspecified atom stereocenters. The first-order valence-electron chi connectivity index (χ1n) is 23.5. The second-order valence-electron chi connectivity index (χ2n) is 15.3. The van der Waals surface area contributed by atoms with E-state index in [4.69, 9.17) is 14.2 Å². The molecule has 0 radical (unpaired) electrons. The Morgan fingerprint density at radius 1 is 0.411 bits per heavy atom. The molecule has 0 aliphatic carbocycles. The van der Waals surface area contributed by atoms with Crippen LogP contribution in [0.2, 0.25) is 0 Å². The second kappa shape index (κ2) is 46.7. The van der Waals surface area contributed by atoms with Gasteiger partial charge in [0.2, 0.25) is 0 Å². The van der Waals surface area contributed by atoms with Crippen molar-refractivity contribution >= 4 is 11.9 Å². The van der Waals surface area contributed by atoms with Gasteiger partial charge in [0.05, 0.1) is 6.61 Å². The van der Waals surface area contributed by atoms with Gasteiger partial charge in [-0.15, -0.1) is 0 Å². The van der Waals surface area contributed by atoms with Crippen molar-refractivity contribution in [2.45, 2.75) is 219 Å². The van der Waals surface area contributed by atoms with Crippen LogP contribution in [0.15, 0.2) is 72.9 Å². The number of carbonyl (C=O) groups is 2. The van der Waals surface area contributed by atoms with Crippen LogP contribution in [0.4, 0.5) is 0 Å². The molecule has 0 fully saturated rings. The minimum Gasteiger partial charge on any atom is -0.462 e. The first-order chi connectivity index (χ1) is 27.6. The Morgan fingerprint density at radius 3 is 1.32 bits per heavy atom. The third kappa shape index (κ3) is 44.1. The summed E-state index contributed by atoms with van der Waals surface area (Å²) in [6, 6.07) is 0. The molecule has 0 N–H and O–H groups in total. The van der Waals surface area contributed by atoms with E-state index in [1.54, 1.807) is 0 Å². The lowest BCUT2D eigenvalue weighted by molar-refractivity contribution is -0.163. The minimum absolute atomic E-state index is 0.0677. The molecule has 0 heterocycles. The van der Waals surface area contributed by atoms with E-state index in [1.807, 2.05) is 0 Å². The first kappa shape index (κ1) is 53.3. The zero-order valence-electron chi connectivity index (χ0n) is 36.9. The van der Waals surface area contributed by atoms with Crippen LogP contribution in [0, 0.1) is 0 Å². The first-order valence-corrected chi connectivity index (χ1v) is 23.5. The maximum Gasteiger partial charge on any atom is 0.306 e. The fourth-order valence-electron chi connectivity index (χ4n) is 6.24. The van der Waals surface area contributed by atoms with E-state index in [0.717, 1.165) is 96.3 Å². The van der Waals surface area contributed by atoms with Crippen LogP contribution < -0.4 is 0 Å². The number of hydrogen-bond acceptors (Lipinski definition) is 5. The summed E-state index contributed by atoms with van der Waals surface area (Å²) < 4.78 is 17.2. The molecule has 5 heteroatoms. The molecule has 0 rings (SSSR count). The van der Waals surface area contributed by atoms with Gasteiger partial charge in [0.25, 0.3) is 0 Å². The van der Waals surface area contributed by atoms with Crippen molar-refractivity contribution in [2.75, 3.05) is 19.8 Å². The molecule has 0 spiro atoms. The van der Waals surface area contributed by atoms with Crippen molar-refractivity contribution in [1.29, 1.82) is 0 Å². The van der Waals surface area contributed by atoms with E-state index in [-0.39, 0.29) is 25.2 Å². The molecule has 0 aromatic rings. The molecule has 5 nitrogen and oxygen atoms in total. The highest BCUT2D eigenvalue weighted by Crippen LogP contribution is 2.12. The summed E-state index contributed by atoms with van der Waals surface area (Å²) in [7, 11) is 0. The molecule has 0 aromatic carbocycles. The van der Waals surface area contributed by atoms with Crippen LogP contribution in [-0.4, -0.2) is 37.9 Å². The van der Waals surface area contributed by atoms with Crippen LogP contribution in [0.1, 0.15) is 213 Å². The van der Waals surface area contributed by atoms with E-state index >= 15 is 0 Å². The number of rotatable bonds is 42. The van der Waals surface area contributed by atoms with Gasteiger partial charge in [0.15, 0.2) is 6.10 Å². The van der Waals surface area contributed by atoms with Crippen molar-refractivity contribution in [3.63, 3.8) is 0 Å². The Labute approximate surface area is 347 Å². The minimum atomic E-state index is -0.546. The number of unbranched alkanes of at least 4 members (excludes halogenated alkanes) is 19. The van der Waals surface area contributed by atoms with E-state index in [9.17, 15) is 9.59 Å². The summed E-state index contributed by atoms with van der Waals surface area (Å²) in [5.41, 5.74) is 0. The highest BCUT2D eigenvalue weighted by molar-refractivity contribution is 5.70. The SMILES string of the molecule is CC/C=C\C/C=C\C/C=C\C/C=C\CCCCCCC(=O)OCC(COCCCCCCCCCC/C=C\C/C=C\CCCCC)OC(=O)CCCCCCC. The van der Waals surface area contributed by atoms with Crippen molar-refractivity contribution in [1.82, 2.24) is 0 Å². The fourth-order valence-corrected chi connectivity index (χ4v) is 6.24. The molecule has 0 aliphatic rings. The molecule has 56 heavy (non-hydrogen) atoms. The third-order valence-corrected chi connectivity index (χ3v) is 9.73. The lowest BCUT2D eigenvalue weighted by atomic mass is 10.1. The Hall–Kier alpha value is -2.66. The maximum atomic E-state index is 12.5. The Kier molecular flexibility index (Phi) is 44.5. The van der Waals surface area contributed by atoms with Crippen LogP contribution in [0.25, 0.3) is 0 Å². The fraction of sp³-hybridized carbons (Fsp3) is 0.725. The summed E-state index contributed by atoms with van der Waals surface area (Å²) >= 11 is 0. The number of allylic oxidation sites excluding steroid dienone is 12. The number of carbonyl (C=O) groups excluding carboxylic acids is 2. The smallest absolute Gasteiger partial charge is 0.306 e. The van der Waals surface area contributed by atoms with Gasteiger partial charge in [-0.3, -0.25) is 9.59 Å². The largest absolute Gasteiger partial charge is 0.462 e. The van der Waals surface area contributed by atoms with Gasteiger partial charge in [-0.05, 0) is 89.9 Å². The molecule has 322 valence electrons. The average molecular weight is 781 g/mol. The summed E-state index contributed by atoms with van der Waals surface area (Å²) in [4.78, 5) is 25.0. The molecule has 0 bridgehead atoms. The predicted octanol–water partition coefficient (Wildman–Crippen LogP) is 15.6. The summed E-state index contributed by atoms with van der Waals surface area (Å²) in [5.74, 6) is -0.442. The van der Waals surface area contributed by atoms with Gasteiger partial charge in [-0.1, -0.05) is 184 Å². The molecular formula is C51H88O5.